The molecule has 0 aliphatic carbocycles. The van der Waals surface area contributed by atoms with Gasteiger partial charge in [0.2, 0.25) is 0 Å². The lowest BCUT2D eigenvalue weighted by molar-refractivity contribution is 0.0924. The van der Waals surface area contributed by atoms with Crippen molar-refractivity contribution in [3.63, 3.8) is 0 Å². The predicted molar refractivity (Wildman–Crippen MR) is 71.3 cm³/mol. The van der Waals surface area contributed by atoms with Gasteiger partial charge in [-0.05, 0) is 53.0 Å². The Labute approximate surface area is 114 Å². The van der Waals surface area contributed by atoms with Gasteiger partial charge < -0.3 is 9.73 Å². The van der Waals surface area contributed by atoms with Crippen LogP contribution in [0.1, 0.15) is 22.7 Å². The number of aryl methyl sites for hydroxylation is 1. The van der Waals surface area contributed by atoms with Crippen molar-refractivity contribution in [2.75, 3.05) is 6.54 Å². The summed E-state index contributed by atoms with van der Waals surface area (Å²) in [5.41, 5.74) is 1.03. The summed E-state index contributed by atoms with van der Waals surface area (Å²) >= 11 is 3.16. The molecule has 1 N–H and O–H groups in total. The number of aromatic nitrogens is 1. The highest BCUT2D eigenvalue weighted by Gasteiger charge is 2.08. The fourth-order valence-electron chi connectivity index (χ4n) is 1.54. The average Bonchev–Trinajstić information content (AvgIpc) is 2.82. The first-order valence-electron chi connectivity index (χ1n) is 5.69. The standard InChI is InChI=1S/C13H13BrN2O2/c14-12-7-6-11(18-12)13(17)16-9-3-5-10-4-1-2-8-15-10/h1-2,4,6-8H,3,5,9H2,(H,16,17). The lowest BCUT2D eigenvalue weighted by Crippen LogP contribution is -2.24. The van der Waals surface area contributed by atoms with Crippen LogP contribution in [0.5, 0.6) is 0 Å². The van der Waals surface area contributed by atoms with E-state index in [0.717, 1.165) is 18.5 Å². The Morgan fingerprint density at radius 2 is 2.22 bits per heavy atom. The molecule has 94 valence electrons. The van der Waals surface area contributed by atoms with Crippen molar-refractivity contribution < 1.29 is 9.21 Å². The monoisotopic (exact) mass is 308 g/mol. The smallest absolute Gasteiger partial charge is 0.287 e. The van der Waals surface area contributed by atoms with Crippen LogP contribution < -0.4 is 5.32 Å². The van der Waals surface area contributed by atoms with Crippen LogP contribution in [0.15, 0.2) is 45.6 Å². The SMILES string of the molecule is O=C(NCCCc1ccccn1)c1ccc(Br)o1. The number of nitrogens with one attached hydrogen (secondary N) is 1. The van der Waals surface area contributed by atoms with Crippen LogP contribution >= 0.6 is 15.9 Å². The van der Waals surface area contributed by atoms with E-state index in [-0.39, 0.29) is 5.91 Å². The van der Waals surface area contributed by atoms with Crippen LogP contribution in [0.25, 0.3) is 0 Å². The summed E-state index contributed by atoms with van der Waals surface area (Å²) in [7, 11) is 0. The minimum absolute atomic E-state index is 0.193. The summed E-state index contributed by atoms with van der Waals surface area (Å²) in [6.45, 7) is 0.605. The first-order valence-corrected chi connectivity index (χ1v) is 6.48. The highest BCUT2D eigenvalue weighted by molar-refractivity contribution is 9.10. The van der Waals surface area contributed by atoms with Gasteiger partial charge in [0.25, 0.3) is 5.91 Å². The Kier molecular flexibility index (Phi) is 4.52. The number of halogens is 1. The number of rotatable bonds is 5. The van der Waals surface area contributed by atoms with Crippen molar-refractivity contribution in [2.45, 2.75) is 12.8 Å². The molecule has 0 atom stereocenters. The number of hydrogen-bond acceptors (Lipinski definition) is 3. The van der Waals surface area contributed by atoms with Crippen LogP contribution in [0.3, 0.4) is 0 Å². The Morgan fingerprint density at radius 3 is 2.89 bits per heavy atom. The zero-order valence-electron chi connectivity index (χ0n) is 9.73. The first-order chi connectivity index (χ1) is 8.75. The normalized spacial score (nSPS) is 10.3. The van der Waals surface area contributed by atoms with Crippen LogP contribution in [-0.4, -0.2) is 17.4 Å². The summed E-state index contributed by atoms with van der Waals surface area (Å²) in [6, 6.07) is 9.16. The van der Waals surface area contributed by atoms with Gasteiger partial charge in [0.15, 0.2) is 10.4 Å². The maximum atomic E-state index is 11.6. The number of carbonyl (C=O) groups is 1. The largest absolute Gasteiger partial charge is 0.444 e. The van der Waals surface area contributed by atoms with Crippen molar-refractivity contribution >= 4 is 21.8 Å². The molecular formula is C13H13BrN2O2. The minimum atomic E-state index is -0.193. The molecular weight excluding hydrogens is 296 g/mol. The molecule has 0 fully saturated rings. The summed E-state index contributed by atoms with van der Waals surface area (Å²) in [4.78, 5) is 15.8. The third-order valence-electron chi connectivity index (χ3n) is 2.42. The van der Waals surface area contributed by atoms with E-state index in [1.54, 1.807) is 18.3 Å². The molecule has 0 bridgehead atoms. The second-order valence-corrected chi connectivity index (χ2v) is 4.57. The highest BCUT2D eigenvalue weighted by atomic mass is 79.9. The third-order valence-corrected chi connectivity index (χ3v) is 2.84. The van der Waals surface area contributed by atoms with E-state index in [1.165, 1.54) is 0 Å². The summed E-state index contributed by atoms with van der Waals surface area (Å²) in [5, 5.41) is 2.80. The molecule has 2 rings (SSSR count). The molecule has 2 heterocycles. The second-order valence-electron chi connectivity index (χ2n) is 3.78. The van der Waals surface area contributed by atoms with E-state index in [1.807, 2.05) is 18.2 Å². The van der Waals surface area contributed by atoms with Gasteiger partial charge in [-0.1, -0.05) is 6.07 Å². The molecule has 0 aliphatic heterocycles. The predicted octanol–water partition coefficient (Wildman–Crippen LogP) is 2.80. The van der Waals surface area contributed by atoms with E-state index in [4.69, 9.17) is 4.42 Å². The maximum Gasteiger partial charge on any atom is 0.287 e. The Morgan fingerprint density at radius 1 is 1.33 bits per heavy atom. The zero-order valence-corrected chi connectivity index (χ0v) is 11.3. The summed E-state index contributed by atoms with van der Waals surface area (Å²) < 4.78 is 5.71. The van der Waals surface area contributed by atoms with Crippen molar-refractivity contribution in [3.8, 4) is 0 Å². The van der Waals surface area contributed by atoms with Gasteiger partial charge in [-0.15, -0.1) is 0 Å². The van der Waals surface area contributed by atoms with E-state index in [0.29, 0.717) is 17.0 Å². The lowest BCUT2D eigenvalue weighted by Gasteiger charge is -2.02. The molecule has 0 aromatic carbocycles. The van der Waals surface area contributed by atoms with Gasteiger partial charge in [0.1, 0.15) is 0 Å². The third kappa shape index (κ3) is 3.70. The number of amides is 1. The number of hydrogen-bond donors (Lipinski definition) is 1. The molecule has 2 aromatic rings. The molecule has 0 aliphatic rings. The zero-order chi connectivity index (χ0) is 12.8. The van der Waals surface area contributed by atoms with Crippen molar-refractivity contribution in [3.05, 3.63) is 52.7 Å². The molecule has 0 unspecified atom stereocenters. The fraction of sp³-hybridized carbons (Fsp3) is 0.231. The fourth-order valence-corrected chi connectivity index (χ4v) is 1.85. The quantitative estimate of drug-likeness (QED) is 0.864. The van der Waals surface area contributed by atoms with Crippen LogP contribution in [0.2, 0.25) is 0 Å². The molecule has 0 saturated carbocycles. The van der Waals surface area contributed by atoms with Gasteiger partial charge >= 0.3 is 0 Å². The van der Waals surface area contributed by atoms with Gasteiger partial charge in [0.05, 0.1) is 0 Å². The number of furan rings is 1. The molecule has 2 aromatic heterocycles. The van der Waals surface area contributed by atoms with Crippen LogP contribution in [0, 0.1) is 0 Å². The number of pyridine rings is 1. The highest BCUT2D eigenvalue weighted by Crippen LogP contribution is 2.13. The first kappa shape index (κ1) is 12.8. The number of nitrogens with zero attached hydrogens (tertiary/aromatic N) is 1. The molecule has 0 radical (unpaired) electrons. The Balaban J connectivity index is 1.71. The van der Waals surface area contributed by atoms with Gasteiger partial charge in [0, 0.05) is 18.4 Å². The minimum Gasteiger partial charge on any atom is -0.444 e. The molecule has 4 nitrogen and oxygen atoms in total. The number of carbonyl (C=O) groups excluding carboxylic acids is 1. The van der Waals surface area contributed by atoms with E-state index < -0.39 is 0 Å². The summed E-state index contributed by atoms with van der Waals surface area (Å²) in [5.74, 6) is 0.126. The topological polar surface area (TPSA) is 55.1 Å². The van der Waals surface area contributed by atoms with E-state index in [9.17, 15) is 4.79 Å². The van der Waals surface area contributed by atoms with Crippen molar-refractivity contribution in [1.82, 2.24) is 10.3 Å². The molecule has 0 spiro atoms. The van der Waals surface area contributed by atoms with Gasteiger partial charge in [-0.2, -0.15) is 0 Å². The average molecular weight is 309 g/mol. The van der Waals surface area contributed by atoms with E-state index >= 15 is 0 Å². The summed E-state index contributed by atoms with van der Waals surface area (Å²) in [6.07, 6.45) is 3.47. The molecule has 5 heteroatoms. The van der Waals surface area contributed by atoms with Crippen molar-refractivity contribution in [1.29, 1.82) is 0 Å². The Hall–Kier alpha value is -1.62. The van der Waals surface area contributed by atoms with E-state index in [2.05, 4.69) is 26.2 Å². The lowest BCUT2D eigenvalue weighted by atomic mass is 10.2. The molecule has 0 saturated heterocycles. The van der Waals surface area contributed by atoms with Crippen LogP contribution in [0.4, 0.5) is 0 Å². The van der Waals surface area contributed by atoms with Gasteiger partial charge in [-0.25, -0.2) is 0 Å². The molecule has 1 amide bonds. The van der Waals surface area contributed by atoms with Crippen LogP contribution in [-0.2, 0) is 6.42 Å². The molecule has 18 heavy (non-hydrogen) atoms. The second kappa shape index (κ2) is 6.35. The van der Waals surface area contributed by atoms with Gasteiger partial charge in [-0.3, -0.25) is 9.78 Å². The maximum absolute atomic E-state index is 11.6. The van der Waals surface area contributed by atoms with Crippen molar-refractivity contribution in [2.24, 2.45) is 0 Å². The Bertz CT molecular complexity index is 511.